The molecule has 0 aromatic heterocycles. The van der Waals surface area contributed by atoms with Gasteiger partial charge in [-0.15, -0.1) is 0 Å². The van der Waals surface area contributed by atoms with Crippen molar-refractivity contribution in [1.29, 1.82) is 0 Å². The number of hydrogen-bond acceptors (Lipinski definition) is 2. The van der Waals surface area contributed by atoms with Gasteiger partial charge >= 0.3 is 0 Å². The van der Waals surface area contributed by atoms with Gasteiger partial charge in [0.1, 0.15) is 5.82 Å². The number of nitrogens with one attached hydrogen (secondary N) is 1. The lowest BCUT2D eigenvalue weighted by Crippen LogP contribution is -2.47. The van der Waals surface area contributed by atoms with Crippen molar-refractivity contribution in [2.24, 2.45) is 0 Å². The fourth-order valence-corrected chi connectivity index (χ4v) is 2.46. The Morgan fingerprint density at radius 3 is 2.63 bits per heavy atom. The lowest BCUT2D eigenvalue weighted by Gasteiger charge is -2.31. The minimum absolute atomic E-state index is 0.0446. The molecule has 4 heteroatoms. The van der Waals surface area contributed by atoms with Crippen LogP contribution in [0.5, 0.6) is 0 Å². The molecular weight excluding hydrogens is 243 g/mol. The van der Waals surface area contributed by atoms with Gasteiger partial charge in [-0.2, -0.15) is 0 Å². The number of carbonyl (C=O) groups is 1. The summed E-state index contributed by atoms with van der Waals surface area (Å²) in [6.45, 7) is 2.88. The molecule has 3 nitrogen and oxygen atoms in total. The van der Waals surface area contributed by atoms with Gasteiger partial charge in [0.05, 0.1) is 12.1 Å². The Kier molecular flexibility index (Phi) is 4.53. The standard InChI is InChI=1S/C15H21FN2O/c1-11(12-6-8-13(16)9-7-12)18(2)15(19)14-5-3-4-10-17-14/h6-9,11,14,17H,3-5,10H2,1-2H3. The van der Waals surface area contributed by atoms with Crippen molar-refractivity contribution in [2.75, 3.05) is 13.6 Å². The highest BCUT2D eigenvalue weighted by molar-refractivity contribution is 5.82. The second-order valence-corrected chi connectivity index (χ2v) is 5.18. The molecule has 19 heavy (non-hydrogen) atoms. The van der Waals surface area contributed by atoms with Crippen LogP contribution in [0.1, 0.15) is 37.8 Å². The normalized spacial score (nSPS) is 20.9. The second kappa shape index (κ2) is 6.15. The van der Waals surface area contributed by atoms with Crippen LogP contribution in [0.3, 0.4) is 0 Å². The van der Waals surface area contributed by atoms with Crippen molar-refractivity contribution >= 4 is 5.91 Å². The molecule has 1 aliphatic rings. The quantitative estimate of drug-likeness (QED) is 0.909. The van der Waals surface area contributed by atoms with E-state index in [0.717, 1.165) is 31.4 Å². The minimum atomic E-state index is -0.251. The molecule has 1 saturated heterocycles. The molecule has 1 fully saturated rings. The highest BCUT2D eigenvalue weighted by Gasteiger charge is 2.26. The molecule has 1 amide bonds. The van der Waals surface area contributed by atoms with Crippen molar-refractivity contribution < 1.29 is 9.18 Å². The van der Waals surface area contributed by atoms with E-state index in [9.17, 15) is 9.18 Å². The van der Waals surface area contributed by atoms with Gasteiger partial charge in [-0.25, -0.2) is 4.39 Å². The monoisotopic (exact) mass is 264 g/mol. The van der Waals surface area contributed by atoms with Gasteiger partial charge in [0.25, 0.3) is 0 Å². The molecule has 2 rings (SSSR count). The van der Waals surface area contributed by atoms with E-state index in [4.69, 9.17) is 0 Å². The number of likely N-dealkylation sites (N-methyl/N-ethyl adjacent to an activating group) is 1. The van der Waals surface area contributed by atoms with Gasteiger partial charge in [0, 0.05) is 7.05 Å². The minimum Gasteiger partial charge on any atom is -0.338 e. The number of carbonyl (C=O) groups excluding carboxylic acids is 1. The third-order valence-electron chi connectivity index (χ3n) is 3.89. The van der Waals surface area contributed by atoms with E-state index in [1.807, 2.05) is 14.0 Å². The first-order chi connectivity index (χ1) is 9.09. The first kappa shape index (κ1) is 14.0. The van der Waals surface area contributed by atoms with Crippen molar-refractivity contribution in [3.8, 4) is 0 Å². The van der Waals surface area contributed by atoms with E-state index < -0.39 is 0 Å². The van der Waals surface area contributed by atoms with Gasteiger partial charge < -0.3 is 10.2 Å². The average Bonchev–Trinajstić information content (AvgIpc) is 2.46. The summed E-state index contributed by atoms with van der Waals surface area (Å²) >= 11 is 0. The van der Waals surface area contributed by atoms with Crippen LogP contribution < -0.4 is 5.32 Å². The van der Waals surface area contributed by atoms with Crippen LogP contribution in [-0.4, -0.2) is 30.4 Å². The second-order valence-electron chi connectivity index (χ2n) is 5.18. The van der Waals surface area contributed by atoms with Crippen LogP contribution in [-0.2, 0) is 4.79 Å². The van der Waals surface area contributed by atoms with Crippen LogP contribution in [0.2, 0.25) is 0 Å². The third-order valence-corrected chi connectivity index (χ3v) is 3.89. The lowest BCUT2D eigenvalue weighted by molar-refractivity contribution is -0.134. The number of halogens is 1. The summed E-state index contributed by atoms with van der Waals surface area (Å²) in [5.74, 6) is -0.129. The third kappa shape index (κ3) is 3.32. The van der Waals surface area contributed by atoms with E-state index in [1.165, 1.54) is 12.1 Å². The smallest absolute Gasteiger partial charge is 0.239 e. The predicted molar refractivity (Wildman–Crippen MR) is 73.2 cm³/mol. The molecule has 1 N–H and O–H groups in total. The van der Waals surface area contributed by atoms with Crippen molar-refractivity contribution in [1.82, 2.24) is 10.2 Å². The first-order valence-corrected chi connectivity index (χ1v) is 6.85. The Labute approximate surface area is 113 Å². The zero-order valence-corrected chi connectivity index (χ0v) is 11.5. The number of rotatable bonds is 3. The number of piperidine rings is 1. The maximum atomic E-state index is 12.9. The zero-order valence-electron chi connectivity index (χ0n) is 11.5. The van der Waals surface area contributed by atoms with E-state index in [0.29, 0.717) is 0 Å². The lowest BCUT2D eigenvalue weighted by atomic mass is 10.0. The average molecular weight is 264 g/mol. The maximum absolute atomic E-state index is 12.9. The molecule has 0 bridgehead atoms. The number of amides is 1. The van der Waals surface area contributed by atoms with Gasteiger partial charge in [-0.1, -0.05) is 18.6 Å². The molecule has 2 atom stereocenters. The van der Waals surface area contributed by atoms with Crippen molar-refractivity contribution in [3.05, 3.63) is 35.6 Å². The summed E-state index contributed by atoms with van der Waals surface area (Å²) in [7, 11) is 1.81. The first-order valence-electron chi connectivity index (χ1n) is 6.85. The molecule has 0 spiro atoms. The van der Waals surface area contributed by atoms with Crippen LogP contribution in [0.15, 0.2) is 24.3 Å². The van der Waals surface area contributed by atoms with E-state index in [2.05, 4.69) is 5.32 Å². The molecule has 104 valence electrons. The summed E-state index contributed by atoms with van der Waals surface area (Å²) < 4.78 is 12.9. The summed E-state index contributed by atoms with van der Waals surface area (Å²) in [6, 6.07) is 6.22. The molecule has 1 aromatic rings. The Morgan fingerprint density at radius 1 is 1.37 bits per heavy atom. The van der Waals surface area contributed by atoms with Crippen LogP contribution in [0.4, 0.5) is 4.39 Å². The van der Waals surface area contributed by atoms with E-state index in [-0.39, 0.29) is 23.8 Å². The summed E-state index contributed by atoms with van der Waals surface area (Å²) in [5, 5.41) is 3.26. The molecule has 0 saturated carbocycles. The van der Waals surface area contributed by atoms with Gasteiger partial charge in [-0.05, 0) is 44.0 Å². The summed E-state index contributed by atoms with van der Waals surface area (Å²) in [6.07, 6.45) is 3.14. The molecule has 0 aliphatic carbocycles. The molecule has 1 heterocycles. The van der Waals surface area contributed by atoms with E-state index >= 15 is 0 Å². The highest BCUT2D eigenvalue weighted by atomic mass is 19.1. The molecule has 0 radical (unpaired) electrons. The predicted octanol–water partition coefficient (Wildman–Crippen LogP) is 2.49. The fraction of sp³-hybridized carbons (Fsp3) is 0.533. The molecule has 1 aromatic carbocycles. The van der Waals surface area contributed by atoms with Gasteiger partial charge in [0.2, 0.25) is 5.91 Å². The largest absolute Gasteiger partial charge is 0.338 e. The summed E-state index contributed by atoms with van der Waals surface area (Å²) in [4.78, 5) is 14.1. The van der Waals surface area contributed by atoms with Crippen molar-refractivity contribution in [2.45, 2.75) is 38.3 Å². The number of hydrogen-bond donors (Lipinski definition) is 1. The Bertz CT molecular complexity index is 426. The van der Waals surface area contributed by atoms with Crippen LogP contribution >= 0.6 is 0 Å². The summed E-state index contributed by atoms with van der Waals surface area (Å²) in [5.41, 5.74) is 0.952. The highest BCUT2D eigenvalue weighted by Crippen LogP contribution is 2.21. The topological polar surface area (TPSA) is 32.3 Å². The van der Waals surface area contributed by atoms with Gasteiger partial charge in [0.15, 0.2) is 0 Å². The van der Waals surface area contributed by atoms with E-state index in [1.54, 1.807) is 17.0 Å². The molecule has 1 aliphatic heterocycles. The SMILES string of the molecule is CC(c1ccc(F)cc1)N(C)C(=O)C1CCCCN1. The van der Waals surface area contributed by atoms with Gasteiger partial charge in [-0.3, -0.25) is 4.79 Å². The Morgan fingerprint density at radius 2 is 2.05 bits per heavy atom. The molecular formula is C15H21FN2O. The van der Waals surface area contributed by atoms with Crippen molar-refractivity contribution in [3.63, 3.8) is 0 Å². The molecule has 2 unspecified atom stereocenters. The number of benzene rings is 1. The van der Waals surface area contributed by atoms with Crippen LogP contribution in [0, 0.1) is 5.82 Å². The van der Waals surface area contributed by atoms with Crippen LogP contribution in [0.25, 0.3) is 0 Å². The maximum Gasteiger partial charge on any atom is 0.239 e. The number of nitrogens with zero attached hydrogens (tertiary/aromatic N) is 1. The Balaban J connectivity index is 2.03. The Hall–Kier alpha value is -1.42. The zero-order chi connectivity index (χ0) is 13.8. The fourth-order valence-electron chi connectivity index (χ4n) is 2.46.